The summed E-state index contributed by atoms with van der Waals surface area (Å²) in [6.07, 6.45) is 4.57. The Morgan fingerprint density at radius 2 is 1.97 bits per heavy atom. The van der Waals surface area contributed by atoms with Gasteiger partial charge in [-0.3, -0.25) is 24.0 Å². The van der Waals surface area contributed by atoms with Gasteiger partial charge < -0.3 is 9.64 Å². The number of aromatic nitrogens is 3. The molecule has 1 saturated carbocycles. The topological polar surface area (TPSA) is 101 Å². The molecule has 0 radical (unpaired) electrons. The first-order chi connectivity index (χ1) is 15.0. The van der Waals surface area contributed by atoms with Gasteiger partial charge in [0.25, 0.3) is 11.5 Å². The molecule has 2 saturated heterocycles. The van der Waals surface area contributed by atoms with E-state index in [1.807, 2.05) is 11.8 Å². The third kappa shape index (κ3) is 3.92. The number of fused-ring (bicyclic) bond motifs is 1. The summed E-state index contributed by atoms with van der Waals surface area (Å²) in [5, 5.41) is 0.220. The zero-order valence-electron chi connectivity index (χ0n) is 17.9. The summed E-state index contributed by atoms with van der Waals surface area (Å²) in [4.78, 5) is 49.7. The first-order valence-electron chi connectivity index (χ1n) is 11.4. The molecule has 2 aromatic heterocycles. The maximum absolute atomic E-state index is 13.5. The first kappa shape index (κ1) is 20.4. The molecule has 0 aromatic carbocycles. The average molecular weight is 428 g/mol. The number of piperazine rings is 1. The Kier molecular flexibility index (Phi) is 5.39. The zero-order valence-corrected chi connectivity index (χ0v) is 17.9. The second-order valence-corrected chi connectivity index (χ2v) is 8.80. The molecule has 1 atom stereocenters. The number of nitrogens with one attached hydrogen (secondary N) is 1. The van der Waals surface area contributed by atoms with Crippen LogP contribution in [0.4, 0.5) is 0 Å². The fraction of sp³-hybridized carbons (Fsp3) is 0.636. The number of ether oxygens (including phenoxy) is 1. The van der Waals surface area contributed by atoms with Gasteiger partial charge in [-0.05, 0) is 38.7 Å². The highest BCUT2D eigenvalue weighted by Crippen LogP contribution is 2.40. The smallest absolute Gasteiger partial charge is 0.329 e. The summed E-state index contributed by atoms with van der Waals surface area (Å²) in [6, 6.07) is 1.78. The lowest BCUT2D eigenvalue weighted by Gasteiger charge is -2.35. The van der Waals surface area contributed by atoms with Gasteiger partial charge in [-0.15, -0.1) is 0 Å². The van der Waals surface area contributed by atoms with Gasteiger partial charge in [0.2, 0.25) is 0 Å². The maximum atomic E-state index is 13.5. The number of H-pyrrole nitrogens is 1. The lowest BCUT2D eigenvalue weighted by molar-refractivity contribution is 0.0433. The molecule has 0 spiro atoms. The van der Waals surface area contributed by atoms with E-state index in [-0.39, 0.29) is 11.3 Å². The summed E-state index contributed by atoms with van der Waals surface area (Å²) < 4.78 is 7.18. The molecule has 5 rings (SSSR count). The molecule has 9 heteroatoms. The van der Waals surface area contributed by atoms with E-state index in [1.54, 1.807) is 6.07 Å². The number of amides is 1. The molecular weight excluding hydrogens is 398 g/mol. The minimum atomic E-state index is -0.542. The average Bonchev–Trinajstić information content (AvgIpc) is 3.50. The van der Waals surface area contributed by atoms with Gasteiger partial charge in [0.05, 0.1) is 17.1 Å². The molecule has 3 aliphatic rings. The second-order valence-electron chi connectivity index (χ2n) is 8.80. The van der Waals surface area contributed by atoms with Crippen molar-refractivity contribution in [2.75, 3.05) is 39.3 Å². The van der Waals surface area contributed by atoms with Crippen LogP contribution in [0.3, 0.4) is 0 Å². The molecule has 9 nitrogen and oxygen atoms in total. The quantitative estimate of drug-likeness (QED) is 0.762. The SMILES string of the molecule is CCn1c(=O)[nH]c(=O)c2c(C(=O)N3CCN(CC4CCCO4)CC3)cc(C3CC3)nc21. The van der Waals surface area contributed by atoms with Crippen molar-refractivity contribution in [3.05, 3.63) is 38.2 Å². The number of nitrogens with zero attached hydrogens (tertiary/aromatic N) is 4. The van der Waals surface area contributed by atoms with Crippen molar-refractivity contribution in [1.82, 2.24) is 24.3 Å². The highest BCUT2D eigenvalue weighted by atomic mass is 16.5. The Hall–Kier alpha value is -2.52. The van der Waals surface area contributed by atoms with E-state index in [0.29, 0.717) is 42.9 Å². The van der Waals surface area contributed by atoms with Crippen LogP contribution in [0.1, 0.15) is 54.6 Å². The van der Waals surface area contributed by atoms with Crippen LogP contribution >= 0.6 is 0 Å². The van der Waals surface area contributed by atoms with Gasteiger partial charge in [-0.1, -0.05) is 0 Å². The van der Waals surface area contributed by atoms with E-state index in [2.05, 4.69) is 14.9 Å². The predicted molar refractivity (Wildman–Crippen MR) is 116 cm³/mol. The summed E-state index contributed by atoms with van der Waals surface area (Å²) in [5.41, 5.74) is 0.463. The number of pyridine rings is 1. The van der Waals surface area contributed by atoms with Crippen LogP contribution in [0.15, 0.2) is 15.7 Å². The number of hydrogen-bond acceptors (Lipinski definition) is 6. The maximum Gasteiger partial charge on any atom is 0.329 e. The number of carbonyl (C=O) groups excluding carboxylic acids is 1. The molecule has 4 heterocycles. The first-order valence-corrected chi connectivity index (χ1v) is 11.4. The van der Waals surface area contributed by atoms with Crippen LogP contribution in [0.5, 0.6) is 0 Å². The monoisotopic (exact) mass is 427 g/mol. The van der Waals surface area contributed by atoms with Crippen LogP contribution in [-0.4, -0.2) is 75.7 Å². The number of hydrogen-bond donors (Lipinski definition) is 1. The standard InChI is InChI=1S/C22H29N5O4/c1-2-27-19-18(20(28)24-22(27)30)16(12-17(23-19)14-5-6-14)21(29)26-9-7-25(8-10-26)13-15-4-3-11-31-15/h12,14-15H,2-11,13H2,1H3,(H,24,28,30). The lowest BCUT2D eigenvalue weighted by Crippen LogP contribution is -2.50. The molecule has 2 aromatic rings. The van der Waals surface area contributed by atoms with Crippen molar-refractivity contribution in [3.8, 4) is 0 Å². The van der Waals surface area contributed by atoms with Crippen LogP contribution in [0, 0.1) is 0 Å². The van der Waals surface area contributed by atoms with E-state index < -0.39 is 11.2 Å². The largest absolute Gasteiger partial charge is 0.377 e. The van der Waals surface area contributed by atoms with Gasteiger partial charge in [0.15, 0.2) is 5.65 Å². The third-order valence-corrected chi connectivity index (χ3v) is 6.66. The minimum Gasteiger partial charge on any atom is -0.377 e. The summed E-state index contributed by atoms with van der Waals surface area (Å²) >= 11 is 0. The molecular formula is C22H29N5O4. The molecule has 1 amide bonds. The molecule has 166 valence electrons. The van der Waals surface area contributed by atoms with Crippen LogP contribution < -0.4 is 11.2 Å². The van der Waals surface area contributed by atoms with E-state index in [0.717, 1.165) is 57.6 Å². The number of carbonyl (C=O) groups is 1. The van der Waals surface area contributed by atoms with Crippen LogP contribution in [0.2, 0.25) is 0 Å². The Morgan fingerprint density at radius 1 is 1.19 bits per heavy atom. The number of aromatic amines is 1. The summed E-state index contributed by atoms with van der Waals surface area (Å²) in [6.45, 7) is 6.77. The molecule has 1 aliphatic carbocycles. The van der Waals surface area contributed by atoms with Crippen molar-refractivity contribution >= 4 is 16.9 Å². The highest BCUT2D eigenvalue weighted by Gasteiger charge is 2.31. The second kappa shape index (κ2) is 8.20. The van der Waals surface area contributed by atoms with Crippen LogP contribution in [0.25, 0.3) is 11.0 Å². The van der Waals surface area contributed by atoms with Crippen molar-refractivity contribution in [2.45, 2.75) is 51.2 Å². The fourth-order valence-electron chi connectivity index (χ4n) is 4.72. The molecule has 1 N–H and O–H groups in total. The van der Waals surface area contributed by atoms with Gasteiger partial charge in [-0.25, -0.2) is 9.78 Å². The van der Waals surface area contributed by atoms with E-state index >= 15 is 0 Å². The number of aryl methyl sites for hydroxylation is 1. The van der Waals surface area contributed by atoms with Crippen molar-refractivity contribution in [1.29, 1.82) is 0 Å². The van der Waals surface area contributed by atoms with Gasteiger partial charge in [0, 0.05) is 57.5 Å². The Bertz CT molecular complexity index is 1110. The lowest BCUT2D eigenvalue weighted by atomic mass is 10.1. The normalized spacial score (nSPS) is 22.4. The molecule has 2 aliphatic heterocycles. The van der Waals surface area contributed by atoms with Crippen molar-refractivity contribution in [2.24, 2.45) is 0 Å². The van der Waals surface area contributed by atoms with Gasteiger partial charge >= 0.3 is 5.69 Å². The third-order valence-electron chi connectivity index (χ3n) is 6.66. The Morgan fingerprint density at radius 3 is 2.61 bits per heavy atom. The van der Waals surface area contributed by atoms with Crippen molar-refractivity contribution in [3.63, 3.8) is 0 Å². The Balaban J connectivity index is 1.44. The number of rotatable bonds is 5. The van der Waals surface area contributed by atoms with E-state index in [4.69, 9.17) is 4.74 Å². The minimum absolute atomic E-state index is 0.155. The van der Waals surface area contributed by atoms with Gasteiger partial charge in [0.1, 0.15) is 0 Å². The molecule has 31 heavy (non-hydrogen) atoms. The fourth-order valence-corrected chi connectivity index (χ4v) is 4.72. The molecule has 3 fully saturated rings. The zero-order chi connectivity index (χ0) is 21.5. The summed E-state index contributed by atoms with van der Waals surface area (Å²) in [5.74, 6) is 0.150. The van der Waals surface area contributed by atoms with Crippen LogP contribution in [-0.2, 0) is 11.3 Å². The summed E-state index contributed by atoms with van der Waals surface area (Å²) in [7, 11) is 0. The predicted octanol–water partition coefficient (Wildman–Crippen LogP) is 0.919. The van der Waals surface area contributed by atoms with Gasteiger partial charge in [-0.2, -0.15) is 0 Å². The van der Waals surface area contributed by atoms with Crippen molar-refractivity contribution < 1.29 is 9.53 Å². The Labute approximate surface area is 180 Å². The molecule has 0 bridgehead atoms. The molecule has 1 unspecified atom stereocenters. The van der Waals surface area contributed by atoms with E-state index in [1.165, 1.54) is 4.57 Å². The van der Waals surface area contributed by atoms with E-state index in [9.17, 15) is 14.4 Å². The highest BCUT2D eigenvalue weighted by molar-refractivity contribution is 6.05.